The summed E-state index contributed by atoms with van der Waals surface area (Å²) in [7, 11) is 1.53. The van der Waals surface area contributed by atoms with Gasteiger partial charge in [-0.1, -0.05) is 15.9 Å². The SMILES string of the molecule is COc1cc(Br)ccc1C(=O)Nc1cc(C)[nH]n1. The largest absolute Gasteiger partial charge is 0.496 e. The molecule has 0 atom stereocenters. The van der Waals surface area contributed by atoms with Gasteiger partial charge in [0.15, 0.2) is 5.82 Å². The first-order valence-corrected chi connectivity index (χ1v) is 6.06. The van der Waals surface area contributed by atoms with Crippen molar-refractivity contribution in [3.8, 4) is 5.75 Å². The summed E-state index contributed by atoms with van der Waals surface area (Å²) in [6.45, 7) is 1.86. The minimum atomic E-state index is -0.258. The lowest BCUT2D eigenvalue weighted by Gasteiger charge is -2.08. The highest BCUT2D eigenvalue weighted by Gasteiger charge is 2.13. The maximum atomic E-state index is 12.1. The average molecular weight is 310 g/mol. The molecule has 0 spiro atoms. The van der Waals surface area contributed by atoms with Crippen molar-refractivity contribution in [3.63, 3.8) is 0 Å². The molecule has 6 heteroatoms. The van der Waals surface area contributed by atoms with Crippen LogP contribution in [0.1, 0.15) is 16.1 Å². The minimum absolute atomic E-state index is 0.258. The molecule has 0 unspecified atom stereocenters. The van der Waals surface area contributed by atoms with Crippen LogP contribution in [0.5, 0.6) is 5.75 Å². The van der Waals surface area contributed by atoms with E-state index < -0.39 is 0 Å². The molecule has 2 aromatic rings. The number of anilines is 1. The summed E-state index contributed by atoms with van der Waals surface area (Å²) >= 11 is 3.33. The molecule has 5 nitrogen and oxygen atoms in total. The van der Waals surface area contributed by atoms with E-state index in [1.54, 1.807) is 24.3 Å². The minimum Gasteiger partial charge on any atom is -0.496 e. The highest BCUT2D eigenvalue weighted by atomic mass is 79.9. The van der Waals surface area contributed by atoms with Gasteiger partial charge in [0.2, 0.25) is 0 Å². The first-order valence-electron chi connectivity index (χ1n) is 5.27. The first kappa shape index (κ1) is 12.6. The lowest BCUT2D eigenvalue weighted by Crippen LogP contribution is -2.13. The predicted molar refractivity (Wildman–Crippen MR) is 72.0 cm³/mol. The molecule has 1 heterocycles. The average Bonchev–Trinajstić information content (AvgIpc) is 2.74. The molecule has 2 rings (SSSR count). The Bertz CT molecular complexity index is 580. The van der Waals surface area contributed by atoms with Crippen LogP contribution in [0.25, 0.3) is 0 Å². The molecule has 0 aliphatic heterocycles. The van der Waals surface area contributed by atoms with Crippen molar-refractivity contribution in [1.82, 2.24) is 10.2 Å². The Labute approximate surface area is 113 Å². The van der Waals surface area contributed by atoms with Gasteiger partial charge in [0.25, 0.3) is 5.91 Å². The van der Waals surface area contributed by atoms with E-state index in [1.165, 1.54) is 7.11 Å². The van der Waals surface area contributed by atoms with E-state index in [2.05, 4.69) is 31.4 Å². The molecule has 94 valence electrons. The second-order valence-electron chi connectivity index (χ2n) is 3.73. The van der Waals surface area contributed by atoms with Crippen molar-refractivity contribution in [2.24, 2.45) is 0 Å². The number of rotatable bonds is 3. The molecule has 18 heavy (non-hydrogen) atoms. The molecule has 0 saturated carbocycles. The lowest BCUT2D eigenvalue weighted by molar-refractivity contribution is 0.102. The molecule has 0 fully saturated rings. The molecule has 1 aromatic carbocycles. The number of nitrogens with zero attached hydrogens (tertiary/aromatic N) is 1. The zero-order valence-corrected chi connectivity index (χ0v) is 11.5. The van der Waals surface area contributed by atoms with Crippen LogP contribution in [-0.2, 0) is 0 Å². The quantitative estimate of drug-likeness (QED) is 0.916. The summed E-state index contributed by atoms with van der Waals surface area (Å²) in [5.74, 6) is 0.738. The van der Waals surface area contributed by atoms with Crippen molar-refractivity contribution >= 4 is 27.7 Å². The van der Waals surface area contributed by atoms with Gasteiger partial charge >= 0.3 is 0 Å². The zero-order chi connectivity index (χ0) is 13.1. The number of aromatic amines is 1. The molecular weight excluding hydrogens is 298 g/mol. The number of ether oxygens (including phenoxy) is 1. The van der Waals surface area contributed by atoms with Crippen molar-refractivity contribution in [2.45, 2.75) is 6.92 Å². The van der Waals surface area contributed by atoms with E-state index in [1.807, 2.05) is 6.92 Å². The Kier molecular flexibility index (Phi) is 3.66. The Morgan fingerprint density at radius 1 is 1.44 bits per heavy atom. The van der Waals surface area contributed by atoms with Crippen LogP contribution in [0.15, 0.2) is 28.7 Å². The number of methoxy groups -OCH3 is 1. The standard InChI is InChI=1S/C12H12BrN3O2/c1-7-5-11(16-15-7)14-12(17)9-4-3-8(13)6-10(9)18-2/h3-6H,1-2H3,(H2,14,15,16,17). The maximum absolute atomic E-state index is 12.1. The Hall–Kier alpha value is -1.82. The third-order valence-electron chi connectivity index (χ3n) is 2.36. The van der Waals surface area contributed by atoms with E-state index in [4.69, 9.17) is 4.74 Å². The molecule has 1 aromatic heterocycles. The van der Waals surface area contributed by atoms with Gasteiger partial charge in [-0.2, -0.15) is 5.10 Å². The Balaban J connectivity index is 2.23. The van der Waals surface area contributed by atoms with Crippen LogP contribution in [0.4, 0.5) is 5.82 Å². The third kappa shape index (κ3) is 2.70. The molecule has 2 N–H and O–H groups in total. The molecule has 0 radical (unpaired) electrons. The van der Waals surface area contributed by atoms with E-state index in [9.17, 15) is 4.79 Å². The fourth-order valence-corrected chi connectivity index (χ4v) is 1.86. The number of carbonyl (C=O) groups excluding carboxylic acids is 1. The number of benzene rings is 1. The van der Waals surface area contributed by atoms with Crippen LogP contribution in [0.2, 0.25) is 0 Å². The lowest BCUT2D eigenvalue weighted by atomic mass is 10.2. The smallest absolute Gasteiger partial charge is 0.260 e. The highest BCUT2D eigenvalue weighted by Crippen LogP contribution is 2.24. The van der Waals surface area contributed by atoms with E-state index >= 15 is 0 Å². The Morgan fingerprint density at radius 3 is 2.83 bits per heavy atom. The number of aryl methyl sites for hydroxylation is 1. The maximum Gasteiger partial charge on any atom is 0.260 e. The van der Waals surface area contributed by atoms with Gasteiger partial charge in [-0.3, -0.25) is 9.89 Å². The first-order chi connectivity index (χ1) is 8.60. The van der Waals surface area contributed by atoms with Crippen molar-refractivity contribution < 1.29 is 9.53 Å². The summed E-state index contributed by atoms with van der Waals surface area (Å²) in [5.41, 5.74) is 1.34. The number of hydrogen-bond donors (Lipinski definition) is 2. The number of amides is 1. The van der Waals surface area contributed by atoms with E-state index in [0.717, 1.165) is 10.2 Å². The van der Waals surface area contributed by atoms with Gasteiger partial charge in [0.05, 0.1) is 12.7 Å². The zero-order valence-electron chi connectivity index (χ0n) is 9.95. The number of H-pyrrole nitrogens is 1. The van der Waals surface area contributed by atoms with Crippen LogP contribution < -0.4 is 10.1 Å². The van der Waals surface area contributed by atoms with Crippen LogP contribution in [0, 0.1) is 6.92 Å². The second-order valence-corrected chi connectivity index (χ2v) is 4.65. The van der Waals surface area contributed by atoms with Crippen molar-refractivity contribution in [1.29, 1.82) is 0 Å². The molecule has 0 aliphatic rings. The topological polar surface area (TPSA) is 67.0 Å². The van der Waals surface area contributed by atoms with Gasteiger partial charge in [0.1, 0.15) is 5.75 Å². The number of halogens is 1. The Morgan fingerprint density at radius 2 is 2.22 bits per heavy atom. The van der Waals surface area contributed by atoms with Crippen LogP contribution in [0.3, 0.4) is 0 Å². The van der Waals surface area contributed by atoms with Crippen molar-refractivity contribution in [2.75, 3.05) is 12.4 Å². The van der Waals surface area contributed by atoms with Crippen LogP contribution in [-0.4, -0.2) is 23.2 Å². The van der Waals surface area contributed by atoms with E-state index in [-0.39, 0.29) is 5.91 Å². The summed E-state index contributed by atoms with van der Waals surface area (Å²) in [4.78, 5) is 12.1. The molecule has 0 saturated heterocycles. The number of nitrogens with one attached hydrogen (secondary N) is 2. The normalized spacial score (nSPS) is 10.2. The fourth-order valence-electron chi connectivity index (χ4n) is 1.52. The van der Waals surface area contributed by atoms with Gasteiger partial charge in [-0.15, -0.1) is 0 Å². The van der Waals surface area contributed by atoms with Crippen molar-refractivity contribution in [3.05, 3.63) is 40.0 Å². The summed E-state index contributed by atoms with van der Waals surface area (Å²) < 4.78 is 6.02. The number of aromatic nitrogens is 2. The summed E-state index contributed by atoms with van der Waals surface area (Å²) in [6.07, 6.45) is 0. The van der Waals surface area contributed by atoms with Crippen LogP contribution >= 0.6 is 15.9 Å². The second kappa shape index (κ2) is 5.22. The number of carbonyl (C=O) groups is 1. The summed E-state index contributed by atoms with van der Waals surface area (Å²) in [5, 5.41) is 9.40. The number of hydrogen-bond acceptors (Lipinski definition) is 3. The van der Waals surface area contributed by atoms with Gasteiger partial charge in [-0.05, 0) is 25.1 Å². The molecule has 0 bridgehead atoms. The fraction of sp³-hybridized carbons (Fsp3) is 0.167. The monoisotopic (exact) mass is 309 g/mol. The third-order valence-corrected chi connectivity index (χ3v) is 2.85. The molecule has 0 aliphatic carbocycles. The molecular formula is C12H12BrN3O2. The van der Waals surface area contributed by atoms with Gasteiger partial charge < -0.3 is 10.1 Å². The van der Waals surface area contributed by atoms with Gasteiger partial charge in [0, 0.05) is 16.2 Å². The predicted octanol–water partition coefficient (Wildman–Crippen LogP) is 2.74. The summed E-state index contributed by atoms with van der Waals surface area (Å²) in [6, 6.07) is 6.97. The van der Waals surface area contributed by atoms with Gasteiger partial charge in [-0.25, -0.2) is 0 Å². The highest BCUT2D eigenvalue weighted by molar-refractivity contribution is 9.10. The molecule has 1 amide bonds. The van der Waals surface area contributed by atoms with E-state index in [0.29, 0.717) is 17.1 Å².